The molecule has 150 valence electrons. The van der Waals surface area contributed by atoms with Gasteiger partial charge in [0.25, 0.3) is 5.91 Å². The highest BCUT2D eigenvalue weighted by Crippen LogP contribution is 2.27. The van der Waals surface area contributed by atoms with Gasteiger partial charge in [0.2, 0.25) is 5.95 Å². The molecule has 0 bridgehead atoms. The lowest BCUT2D eigenvalue weighted by molar-refractivity contribution is -0.113. The van der Waals surface area contributed by atoms with Gasteiger partial charge in [0.15, 0.2) is 5.84 Å². The number of amidine groups is 1. The van der Waals surface area contributed by atoms with Crippen LogP contribution in [-0.2, 0) is 4.79 Å². The summed E-state index contributed by atoms with van der Waals surface area (Å²) in [6.07, 6.45) is 1.77. The molecule has 2 aromatic carbocycles. The first-order valence-corrected chi connectivity index (χ1v) is 9.79. The summed E-state index contributed by atoms with van der Waals surface area (Å²) in [6.45, 7) is 1.81. The number of carbonyl (C=O) groups is 1. The maximum absolute atomic E-state index is 13.3. The Hall–Kier alpha value is -3.51. The Balaban J connectivity index is 1.79. The van der Waals surface area contributed by atoms with Crippen molar-refractivity contribution in [3.05, 3.63) is 88.3 Å². The summed E-state index contributed by atoms with van der Waals surface area (Å²) in [4.78, 5) is 30.0. The molecular weight excluding hydrogens is 398 g/mol. The van der Waals surface area contributed by atoms with Crippen LogP contribution < -0.4 is 9.80 Å². The number of halogens is 1. The maximum Gasteiger partial charge on any atom is 0.285 e. The van der Waals surface area contributed by atoms with E-state index in [4.69, 9.17) is 11.6 Å². The average molecular weight is 418 g/mol. The molecule has 1 amide bonds. The van der Waals surface area contributed by atoms with Gasteiger partial charge in [0.1, 0.15) is 10.9 Å². The minimum absolute atomic E-state index is 0.207. The fourth-order valence-electron chi connectivity index (χ4n) is 3.12. The molecule has 3 aromatic rings. The standard InChI is InChI=1S/C23H20ClN5O/c1-15-13-20(24)27-23(25-15)29-21(17-7-5-4-6-8-17)26-19(22(29)30)14-16-9-11-18(12-10-16)28(2)3/h4-14H,1-3H3/b19-14+. The molecule has 0 N–H and O–H groups in total. The van der Waals surface area contributed by atoms with Crippen molar-refractivity contribution in [1.29, 1.82) is 0 Å². The SMILES string of the molecule is Cc1cc(Cl)nc(N2C(=O)/C(=C\c3ccc(N(C)C)cc3)N=C2c2ccccc2)n1. The maximum atomic E-state index is 13.3. The topological polar surface area (TPSA) is 61.7 Å². The van der Waals surface area contributed by atoms with Gasteiger partial charge in [0, 0.05) is 31.0 Å². The number of aliphatic imine (C=N–C) groups is 1. The molecule has 0 aliphatic carbocycles. The van der Waals surface area contributed by atoms with Gasteiger partial charge in [-0.1, -0.05) is 54.1 Å². The molecule has 1 aliphatic rings. The van der Waals surface area contributed by atoms with Crippen LogP contribution in [0.5, 0.6) is 0 Å². The first kappa shape index (κ1) is 19.8. The Labute approximate surface area is 180 Å². The van der Waals surface area contributed by atoms with Crippen molar-refractivity contribution in [2.45, 2.75) is 6.92 Å². The van der Waals surface area contributed by atoms with E-state index in [2.05, 4.69) is 15.0 Å². The number of rotatable bonds is 4. The minimum Gasteiger partial charge on any atom is -0.378 e. The van der Waals surface area contributed by atoms with E-state index in [1.54, 1.807) is 19.1 Å². The molecule has 1 aromatic heterocycles. The summed E-state index contributed by atoms with van der Waals surface area (Å²) >= 11 is 6.13. The van der Waals surface area contributed by atoms with E-state index in [9.17, 15) is 4.79 Å². The van der Waals surface area contributed by atoms with E-state index >= 15 is 0 Å². The van der Waals surface area contributed by atoms with Gasteiger partial charge in [-0.2, -0.15) is 0 Å². The largest absolute Gasteiger partial charge is 0.378 e. The first-order valence-electron chi connectivity index (χ1n) is 9.41. The Morgan fingerprint density at radius 2 is 1.70 bits per heavy atom. The van der Waals surface area contributed by atoms with Crippen molar-refractivity contribution in [2.24, 2.45) is 4.99 Å². The number of aromatic nitrogens is 2. The Morgan fingerprint density at radius 3 is 2.33 bits per heavy atom. The molecule has 0 atom stereocenters. The summed E-state index contributed by atoms with van der Waals surface area (Å²) in [7, 11) is 3.96. The van der Waals surface area contributed by atoms with Crippen molar-refractivity contribution in [3.8, 4) is 0 Å². The van der Waals surface area contributed by atoms with Crippen molar-refractivity contribution in [3.63, 3.8) is 0 Å². The van der Waals surface area contributed by atoms with Gasteiger partial charge in [-0.05, 0) is 36.8 Å². The van der Waals surface area contributed by atoms with E-state index in [1.807, 2.05) is 73.6 Å². The number of anilines is 2. The van der Waals surface area contributed by atoms with Crippen LogP contribution in [0.3, 0.4) is 0 Å². The zero-order chi connectivity index (χ0) is 21.3. The number of amides is 1. The van der Waals surface area contributed by atoms with E-state index in [-0.39, 0.29) is 17.0 Å². The number of nitrogens with zero attached hydrogens (tertiary/aromatic N) is 5. The van der Waals surface area contributed by atoms with Gasteiger partial charge in [-0.15, -0.1) is 0 Å². The van der Waals surface area contributed by atoms with Gasteiger partial charge in [-0.25, -0.2) is 19.9 Å². The molecule has 0 unspecified atom stereocenters. The fourth-order valence-corrected chi connectivity index (χ4v) is 3.36. The molecule has 1 aliphatic heterocycles. The predicted molar refractivity (Wildman–Crippen MR) is 121 cm³/mol. The molecule has 0 saturated heterocycles. The normalized spacial score (nSPS) is 14.9. The number of aryl methyl sites for hydroxylation is 1. The second kappa shape index (κ2) is 8.08. The molecule has 7 heteroatoms. The second-order valence-electron chi connectivity index (χ2n) is 7.09. The van der Waals surface area contributed by atoms with Crippen molar-refractivity contribution in [2.75, 3.05) is 23.9 Å². The van der Waals surface area contributed by atoms with Crippen LogP contribution in [0, 0.1) is 6.92 Å². The predicted octanol–water partition coefficient (Wildman–Crippen LogP) is 4.34. The van der Waals surface area contributed by atoms with Gasteiger partial charge in [-0.3, -0.25) is 4.79 Å². The number of hydrogen-bond acceptors (Lipinski definition) is 5. The molecule has 30 heavy (non-hydrogen) atoms. The molecule has 0 fully saturated rings. The van der Waals surface area contributed by atoms with Crippen molar-refractivity contribution in [1.82, 2.24) is 9.97 Å². The molecule has 4 rings (SSSR count). The number of carbonyl (C=O) groups excluding carboxylic acids is 1. The van der Waals surface area contributed by atoms with Gasteiger partial charge < -0.3 is 4.90 Å². The average Bonchev–Trinajstić information content (AvgIpc) is 3.04. The monoisotopic (exact) mass is 417 g/mol. The minimum atomic E-state index is -0.299. The summed E-state index contributed by atoms with van der Waals surface area (Å²) in [5, 5.41) is 0.273. The molecular formula is C23H20ClN5O. The lowest BCUT2D eigenvalue weighted by Gasteiger charge is -2.16. The molecule has 0 spiro atoms. The third-order valence-corrected chi connectivity index (χ3v) is 4.81. The number of benzene rings is 2. The molecule has 2 heterocycles. The van der Waals surface area contributed by atoms with Crippen LogP contribution in [0.15, 0.2) is 71.4 Å². The zero-order valence-corrected chi connectivity index (χ0v) is 17.6. The lowest BCUT2D eigenvalue weighted by atomic mass is 10.1. The number of hydrogen-bond donors (Lipinski definition) is 0. The van der Waals surface area contributed by atoms with E-state index in [0.717, 1.165) is 16.8 Å². The van der Waals surface area contributed by atoms with Gasteiger partial charge in [0.05, 0.1) is 0 Å². The first-order chi connectivity index (χ1) is 14.4. The molecule has 6 nitrogen and oxygen atoms in total. The second-order valence-corrected chi connectivity index (χ2v) is 7.48. The highest BCUT2D eigenvalue weighted by atomic mass is 35.5. The van der Waals surface area contributed by atoms with Crippen LogP contribution >= 0.6 is 11.6 Å². The summed E-state index contributed by atoms with van der Waals surface area (Å²) in [5.41, 5.74) is 3.73. The molecule has 0 radical (unpaired) electrons. The molecule has 0 saturated carbocycles. The van der Waals surface area contributed by atoms with Crippen LogP contribution in [-0.4, -0.2) is 35.8 Å². The van der Waals surface area contributed by atoms with Crippen LogP contribution in [0.2, 0.25) is 5.15 Å². The highest BCUT2D eigenvalue weighted by Gasteiger charge is 2.34. The van der Waals surface area contributed by atoms with Crippen LogP contribution in [0.25, 0.3) is 6.08 Å². The van der Waals surface area contributed by atoms with E-state index < -0.39 is 0 Å². The summed E-state index contributed by atoms with van der Waals surface area (Å²) in [6, 6.07) is 19.0. The van der Waals surface area contributed by atoms with Crippen LogP contribution in [0.4, 0.5) is 11.6 Å². The summed E-state index contributed by atoms with van der Waals surface area (Å²) < 4.78 is 0. The van der Waals surface area contributed by atoms with E-state index in [1.165, 1.54) is 4.90 Å². The van der Waals surface area contributed by atoms with Crippen molar-refractivity contribution < 1.29 is 4.79 Å². The smallest absolute Gasteiger partial charge is 0.285 e. The quantitative estimate of drug-likeness (QED) is 0.468. The third kappa shape index (κ3) is 3.95. The Bertz CT molecular complexity index is 1130. The third-order valence-electron chi connectivity index (χ3n) is 4.62. The fraction of sp³-hybridized carbons (Fsp3) is 0.130. The lowest BCUT2D eigenvalue weighted by Crippen LogP contribution is -2.34. The Kier molecular flexibility index (Phi) is 5.33. The summed E-state index contributed by atoms with van der Waals surface area (Å²) in [5.74, 6) is 0.379. The highest BCUT2D eigenvalue weighted by molar-refractivity contribution is 6.33. The van der Waals surface area contributed by atoms with E-state index in [0.29, 0.717) is 17.2 Å². The van der Waals surface area contributed by atoms with Gasteiger partial charge >= 0.3 is 0 Å². The van der Waals surface area contributed by atoms with Crippen LogP contribution in [0.1, 0.15) is 16.8 Å². The zero-order valence-electron chi connectivity index (χ0n) is 16.9. The Morgan fingerprint density at radius 1 is 1.00 bits per heavy atom. The van der Waals surface area contributed by atoms with Crippen molar-refractivity contribution >= 4 is 41.1 Å².